The van der Waals surface area contributed by atoms with Crippen LogP contribution in [0.15, 0.2) is 59.6 Å². The summed E-state index contributed by atoms with van der Waals surface area (Å²) in [6.45, 7) is 9.97. The molecule has 0 aromatic heterocycles. The lowest BCUT2D eigenvalue weighted by Gasteiger charge is -2.20. The number of anilines is 1. The fourth-order valence-electron chi connectivity index (χ4n) is 3.68. The molecule has 2 aromatic carbocycles. The van der Waals surface area contributed by atoms with E-state index in [1.54, 1.807) is 0 Å². The highest BCUT2D eigenvalue weighted by molar-refractivity contribution is 5.80. The zero-order valence-electron chi connectivity index (χ0n) is 18.1. The Morgan fingerprint density at radius 1 is 1.10 bits per heavy atom. The standard InChI is InChI=1S/C24H35N5/c1-4-25-24(26-17-20-10-9-11-21(16-20)18-28(3)5-2)27-22-14-15-29(19-22)23-12-7-6-8-13-23/h6-13,16,22H,4-5,14-15,17-19H2,1-3H3,(H2,25,26,27). The first-order chi connectivity index (χ1) is 14.2. The molecule has 156 valence electrons. The second-order valence-corrected chi connectivity index (χ2v) is 7.76. The van der Waals surface area contributed by atoms with Crippen molar-refractivity contribution in [2.24, 2.45) is 4.99 Å². The average molecular weight is 394 g/mol. The number of guanidine groups is 1. The van der Waals surface area contributed by atoms with Crippen molar-refractivity contribution in [2.75, 3.05) is 38.1 Å². The fraction of sp³-hybridized carbons (Fsp3) is 0.458. The average Bonchev–Trinajstić information content (AvgIpc) is 3.21. The van der Waals surface area contributed by atoms with Crippen LogP contribution < -0.4 is 15.5 Å². The zero-order chi connectivity index (χ0) is 20.5. The summed E-state index contributed by atoms with van der Waals surface area (Å²) in [4.78, 5) is 9.60. The van der Waals surface area contributed by atoms with Crippen molar-refractivity contribution in [1.82, 2.24) is 15.5 Å². The maximum absolute atomic E-state index is 4.85. The molecule has 1 heterocycles. The van der Waals surface area contributed by atoms with Crippen LogP contribution in [0.5, 0.6) is 0 Å². The Morgan fingerprint density at radius 3 is 2.66 bits per heavy atom. The summed E-state index contributed by atoms with van der Waals surface area (Å²) in [7, 11) is 2.15. The Balaban J connectivity index is 1.58. The normalized spacial score (nSPS) is 17.0. The van der Waals surface area contributed by atoms with Gasteiger partial charge in [0.05, 0.1) is 6.54 Å². The van der Waals surface area contributed by atoms with Crippen molar-refractivity contribution in [3.63, 3.8) is 0 Å². The first-order valence-corrected chi connectivity index (χ1v) is 10.8. The van der Waals surface area contributed by atoms with Gasteiger partial charge in [0.1, 0.15) is 0 Å². The van der Waals surface area contributed by atoms with Gasteiger partial charge in [0.25, 0.3) is 0 Å². The van der Waals surface area contributed by atoms with Crippen molar-refractivity contribution >= 4 is 11.6 Å². The monoisotopic (exact) mass is 393 g/mol. The third-order valence-corrected chi connectivity index (χ3v) is 5.40. The van der Waals surface area contributed by atoms with Crippen molar-refractivity contribution in [3.05, 3.63) is 65.7 Å². The van der Waals surface area contributed by atoms with Crippen LogP contribution in [0.4, 0.5) is 5.69 Å². The smallest absolute Gasteiger partial charge is 0.191 e. The molecule has 1 fully saturated rings. The van der Waals surface area contributed by atoms with E-state index in [1.165, 1.54) is 16.8 Å². The zero-order valence-corrected chi connectivity index (χ0v) is 18.1. The Morgan fingerprint density at radius 2 is 1.90 bits per heavy atom. The molecule has 5 heteroatoms. The SMILES string of the molecule is CCNC(=NCc1cccc(CN(C)CC)c1)NC1CCN(c2ccccc2)C1. The van der Waals surface area contributed by atoms with Crippen LogP contribution in [0, 0.1) is 0 Å². The summed E-state index contributed by atoms with van der Waals surface area (Å²) in [6, 6.07) is 19.8. The molecule has 1 atom stereocenters. The minimum atomic E-state index is 0.414. The molecule has 1 aliphatic heterocycles. The molecule has 3 rings (SSSR count). The largest absolute Gasteiger partial charge is 0.369 e. The Hall–Kier alpha value is -2.53. The Bertz CT molecular complexity index is 774. The molecule has 29 heavy (non-hydrogen) atoms. The molecule has 1 saturated heterocycles. The van der Waals surface area contributed by atoms with Gasteiger partial charge in [-0.05, 0) is 50.2 Å². The van der Waals surface area contributed by atoms with E-state index in [-0.39, 0.29) is 0 Å². The molecule has 5 nitrogen and oxygen atoms in total. The second kappa shape index (κ2) is 10.9. The number of benzene rings is 2. The van der Waals surface area contributed by atoms with E-state index in [2.05, 4.69) is 95.9 Å². The summed E-state index contributed by atoms with van der Waals surface area (Å²) < 4.78 is 0. The Labute approximate surface area is 175 Å². The highest BCUT2D eigenvalue weighted by atomic mass is 15.2. The molecule has 0 amide bonds. The van der Waals surface area contributed by atoms with Gasteiger partial charge in [0.2, 0.25) is 0 Å². The molecule has 0 aliphatic carbocycles. The molecule has 1 unspecified atom stereocenters. The lowest BCUT2D eigenvalue weighted by Crippen LogP contribution is -2.44. The van der Waals surface area contributed by atoms with E-state index < -0.39 is 0 Å². The molecular formula is C24H35N5. The van der Waals surface area contributed by atoms with Crippen LogP contribution in [-0.4, -0.2) is 50.1 Å². The van der Waals surface area contributed by atoms with E-state index in [0.717, 1.165) is 45.1 Å². The fourth-order valence-corrected chi connectivity index (χ4v) is 3.68. The maximum Gasteiger partial charge on any atom is 0.191 e. The number of nitrogens with one attached hydrogen (secondary N) is 2. The molecule has 2 aromatic rings. The van der Waals surface area contributed by atoms with Crippen LogP contribution >= 0.6 is 0 Å². The van der Waals surface area contributed by atoms with Gasteiger partial charge >= 0.3 is 0 Å². The van der Waals surface area contributed by atoms with Gasteiger partial charge in [-0.25, -0.2) is 4.99 Å². The van der Waals surface area contributed by atoms with Crippen LogP contribution in [0.2, 0.25) is 0 Å². The third kappa shape index (κ3) is 6.50. The van der Waals surface area contributed by atoms with Gasteiger partial charge in [-0.1, -0.05) is 49.4 Å². The van der Waals surface area contributed by atoms with E-state index in [1.807, 2.05) is 0 Å². The van der Waals surface area contributed by atoms with E-state index in [0.29, 0.717) is 12.6 Å². The summed E-state index contributed by atoms with van der Waals surface area (Å²) in [6.07, 6.45) is 1.12. The first-order valence-electron chi connectivity index (χ1n) is 10.8. The highest BCUT2D eigenvalue weighted by Gasteiger charge is 2.23. The molecule has 0 spiro atoms. The van der Waals surface area contributed by atoms with Crippen LogP contribution in [0.25, 0.3) is 0 Å². The number of aliphatic imine (C=N–C) groups is 1. The van der Waals surface area contributed by atoms with Crippen LogP contribution in [0.1, 0.15) is 31.4 Å². The summed E-state index contributed by atoms with van der Waals surface area (Å²) in [5, 5.41) is 7.03. The lowest BCUT2D eigenvalue weighted by atomic mass is 10.1. The minimum Gasteiger partial charge on any atom is -0.369 e. The molecule has 0 bridgehead atoms. The second-order valence-electron chi connectivity index (χ2n) is 7.76. The van der Waals surface area contributed by atoms with Gasteiger partial charge in [0.15, 0.2) is 5.96 Å². The van der Waals surface area contributed by atoms with Gasteiger partial charge in [0, 0.05) is 37.9 Å². The number of para-hydroxylation sites is 1. The van der Waals surface area contributed by atoms with Gasteiger partial charge in [-0.15, -0.1) is 0 Å². The number of hydrogen-bond acceptors (Lipinski definition) is 3. The molecule has 0 saturated carbocycles. The minimum absolute atomic E-state index is 0.414. The van der Waals surface area contributed by atoms with E-state index in [4.69, 9.17) is 4.99 Å². The summed E-state index contributed by atoms with van der Waals surface area (Å²) in [5.41, 5.74) is 3.89. The van der Waals surface area contributed by atoms with Crippen LogP contribution in [-0.2, 0) is 13.1 Å². The quantitative estimate of drug-likeness (QED) is 0.532. The van der Waals surface area contributed by atoms with Gasteiger partial charge < -0.3 is 20.4 Å². The summed E-state index contributed by atoms with van der Waals surface area (Å²) in [5.74, 6) is 0.906. The van der Waals surface area contributed by atoms with Crippen molar-refractivity contribution < 1.29 is 0 Å². The topological polar surface area (TPSA) is 42.9 Å². The van der Waals surface area contributed by atoms with Gasteiger partial charge in [-0.3, -0.25) is 0 Å². The predicted molar refractivity (Wildman–Crippen MR) is 123 cm³/mol. The van der Waals surface area contributed by atoms with Gasteiger partial charge in [-0.2, -0.15) is 0 Å². The van der Waals surface area contributed by atoms with Crippen molar-refractivity contribution in [2.45, 2.75) is 39.4 Å². The molecular weight excluding hydrogens is 358 g/mol. The summed E-state index contributed by atoms with van der Waals surface area (Å²) >= 11 is 0. The van der Waals surface area contributed by atoms with E-state index in [9.17, 15) is 0 Å². The molecule has 0 radical (unpaired) electrons. The highest BCUT2D eigenvalue weighted by Crippen LogP contribution is 2.19. The molecule has 1 aliphatic rings. The number of hydrogen-bond donors (Lipinski definition) is 2. The number of nitrogens with zero attached hydrogens (tertiary/aromatic N) is 3. The third-order valence-electron chi connectivity index (χ3n) is 5.40. The van der Waals surface area contributed by atoms with Crippen molar-refractivity contribution in [3.8, 4) is 0 Å². The van der Waals surface area contributed by atoms with Crippen molar-refractivity contribution in [1.29, 1.82) is 0 Å². The van der Waals surface area contributed by atoms with E-state index >= 15 is 0 Å². The van der Waals surface area contributed by atoms with Crippen LogP contribution in [0.3, 0.4) is 0 Å². The number of rotatable bonds is 8. The predicted octanol–water partition coefficient (Wildman–Crippen LogP) is 3.47. The lowest BCUT2D eigenvalue weighted by molar-refractivity contribution is 0.345. The maximum atomic E-state index is 4.85. The molecule has 2 N–H and O–H groups in total. The first kappa shape index (κ1) is 21.2. The Kier molecular flexibility index (Phi) is 7.94.